The molecule has 0 saturated carbocycles. The molecule has 0 amide bonds. The topological polar surface area (TPSA) is 43.8 Å². The van der Waals surface area contributed by atoms with Gasteiger partial charge in [-0.3, -0.25) is 4.57 Å². The average Bonchev–Trinajstić information content (AvgIpc) is 2.64. The van der Waals surface area contributed by atoms with E-state index in [4.69, 9.17) is 5.73 Å². The van der Waals surface area contributed by atoms with Gasteiger partial charge in [0.2, 0.25) is 5.95 Å². The molecule has 0 saturated heterocycles. The molecule has 3 rings (SSSR count). The normalized spacial score (nSPS) is 11.2. The van der Waals surface area contributed by atoms with E-state index in [-0.39, 0.29) is 5.82 Å². The Morgan fingerprint density at radius 2 is 1.75 bits per heavy atom. The quantitative estimate of drug-likeness (QED) is 0.649. The molecule has 0 spiro atoms. The van der Waals surface area contributed by atoms with Crippen molar-refractivity contribution in [2.75, 3.05) is 5.73 Å². The Morgan fingerprint density at radius 3 is 2.40 bits per heavy atom. The van der Waals surface area contributed by atoms with Crippen LogP contribution in [0.3, 0.4) is 0 Å². The van der Waals surface area contributed by atoms with E-state index < -0.39 is 0 Å². The fourth-order valence-corrected chi connectivity index (χ4v) is 2.89. The van der Waals surface area contributed by atoms with Crippen LogP contribution in [0.1, 0.15) is 11.1 Å². The number of hydrogen-bond donors (Lipinski definition) is 1. The number of nitrogens with two attached hydrogens (primary N) is 1. The van der Waals surface area contributed by atoms with Gasteiger partial charge in [-0.25, -0.2) is 9.37 Å². The van der Waals surface area contributed by atoms with Crippen molar-refractivity contribution in [3.05, 3.63) is 50.8 Å². The first-order valence-electron chi connectivity index (χ1n) is 6.17. The first kappa shape index (κ1) is 13.4. The van der Waals surface area contributed by atoms with Crippen molar-refractivity contribution < 1.29 is 4.39 Å². The van der Waals surface area contributed by atoms with Crippen LogP contribution in [-0.4, -0.2) is 9.55 Å². The maximum absolute atomic E-state index is 13.8. The highest BCUT2D eigenvalue weighted by Crippen LogP contribution is 2.27. The number of aromatic nitrogens is 2. The molecule has 0 aliphatic carbocycles. The summed E-state index contributed by atoms with van der Waals surface area (Å²) in [6.07, 6.45) is 0. The van der Waals surface area contributed by atoms with E-state index in [0.717, 1.165) is 16.8 Å². The van der Waals surface area contributed by atoms with Crippen LogP contribution >= 0.6 is 22.6 Å². The van der Waals surface area contributed by atoms with Crippen molar-refractivity contribution in [3.8, 4) is 5.69 Å². The van der Waals surface area contributed by atoms with E-state index in [1.807, 2.05) is 48.6 Å². The van der Waals surface area contributed by atoms with Crippen molar-refractivity contribution in [2.45, 2.75) is 13.8 Å². The van der Waals surface area contributed by atoms with Gasteiger partial charge in [0.25, 0.3) is 0 Å². The lowest BCUT2D eigenvalue weighted by Gasteiger charge is -2.09. The third-order valence-electron chi connectivity index (χ3n) is 3.19. The molecule has 2 aromatic carbocycles. The number of nitrogen functional groups attached to an aromatic ring is 1. The first-order valence-corrected chi connectivity index (χ1v) is 7.25. The van der Waals surface area contributed by atoms with Gasteiger partial charge in [0.15, 0.2) is 0 Å². The molecular formula is C15H13FIN3. The van der Waals surface area contributed by atoms with Crippen LogP contribution in [0, 0.1) is 23.2 Å². The number of rotatable bonds is 1. The summed E-state index contributed by atoms with van der Waals surface area (Å²) in [5, 5.41) is 0. The lowest BCUT2D eigenvalue weighted by atomic mass is 10.1. The van der Waals surface area contributed by atoms with Gasteiger partial charge >= 0.3 is 0 Å². The Kier molecular flexibility index (Phi) is 3.16. The van der Waals surface area contributed by atoms with Crippen LogP contribution in [-0.2, 0) is 0 Å². The second-order valence-corrected chi connectivity index (χ2v) is 6.07. The zero-order valence-corrected chi connectivity index (χ0v) is 13.3. The van der Waals surface area contributed by atoms with Crippen LogP contribution in [0.4, 0.5) is 10.3 Å². The van der Waals surface area contributed by atoms with Crippen LogP contribution in [0.2, 0.25) is 0 Å². The largest absolute Gasteiger partial charge is 0.369 e. The lowest BCUT2D eigenvalue weighted by Crippen LogP contribution is -2.01. The van der Waals surface area contributed by atoms with Gasteiger partial charge in [-0.1, -0.05) is 6.07 Å². The highest BCUT2D eigenvalue weighted by Gasteiger charge is 2.13. The molecule has 0 aliphatic heterocycles. The average molecular weight is 381 g/mol. The Morgan fingerprint density at radius 1 is 1.10 bits per heavy atom. The second kappa shape index (κ2) is 4.73. The minimum absolute atomic E-state index is 0.261. The minimum Gasteiger partial charge on any atom is -0.369 e. The van der Waals surface area contributed by atoms with E-state index >= 15 is 0 Å². The van der Waals surface area contributed by atoms with E-state index in [1.54, 1.807) is 10.6 Å². The summed E-state index contributed by atoms with van der Waals surface area (Å²) in [5.41, 5.74) is 10.6. The van der Waals surface area contributed by atoms with Crippen LogP contribution in [0.5, 0.6) is 0 Å². The molecule has 3 aromatic rings. The maximum atomic E-state index is 13.8. The number of imidazole rings is 1. The molecule has 1 aromatic heterocycles. The third kappa shape index (κ3) is 2.15. The van der Waals surface area contributed by atoms with Crippen molar-refractivity contribution in [1.82, 2.24) is 9.55 Å². The number of aryl methyl sites for hydroxylation is 2. The van der Waals surface area contributed by atoms with Crippen molar-refractivity contribution in [1.29, 1.82) is 0 Å². The lowest BCUT2D eigenvalue weighted by molar-refractivity contribution is 0.622. The molecule has 0 fully saturated rings. The number of nitrogens with zero attached hydrogens (tertiary/aromatic N) is 2. The molecule has 5 heteroatoms. The fourth-order valence-electron chi connectivity index (χ4n) is 2.44. The summed E-state index contributed by atoms with van der Waals surface area (Å²) in [4.78, 5) is 4.32. The van der Waals surface area contributed by atoms with Crippen molar-refractivity contribution in [3.63, 3.8) is 0 Å². The Balaban J connectivity index is 2.35. The van der Waals surface area contributed by atoms with Gasteiger partial charge in [-0.15, -0.1) is 0 Å². The van der Waals surface area contributed by atoms with Gasteiger partial charge in [0, 0.05) is 11.8 Å². The third-order valence-corrected chi connectivity index (χ3v) is 4.01. The highest BCUT2D eigenvalue weighted by atomic mass is 127. The standard InChI is InChI=1S/C15H13FIN3/c1-8-3-9(2)5-10(4-8)20-14-6-11(16)12(17)7-13(14)19-15(20)18/h3-7H,1-2H3,(H2,18,19). The Labute approximate surface area is 129 Å². The van der Waals surface area contributed by atoms with E-state index in [0.29, 0.717) is 20.6 Å². The molecule has 3 nitrogen and oxygen atoms in total. The second-order valence-electron chi connectivity index (χ2n) is 4.91. The molecule has 1 heterocycles. The number of halogens is 2. The molecule has 20 heavy (non-hydrogen) atoms. The molecular weight excluding hydrogens is 368 g/mol. The molecule has 0 bridgehead atoms. The predicted molar refractivity (Wildman–Crippen MR) is 87.6 cm³/mol. The van der Waals surface area contributed by atoms with Crippen molar-refractivity contribution >= 4 is 39.6 Å². The molecule has 102 valence electrons. The fraction of sp³-hybridized carbons (Fsp3) is 0.133. The summed E-state index contributed by atoms with van der Waals surface area (Å²) in [7, 11) is 0. The van der Waals surface area contributed by atoms with E-state index in [9.17, 15) is 4.39 Å². The maximum Gasteiger partial charge on any atom is 0.205 e. The number of fused-ring (bicyclic) bond motifs is 1. The zero-order chi connectivity index (χ0) is 14.4. The number of anilines is 1. The predicted octanol–water partition coefficient (Wildman–Crippen LogP) is 3.97. The van der Waals surface area contributed by atoms with Gasteiger partial charge in [0.05, 0.1) is 14.6 Å². The molecule has 2 N–H and O–H groups in total. The summed E-state index contributed by atoms with van der Waals surface area (Å²) >= 11 is 1.95. The van der Waals surface area contributed by atoms with Gasteiger partial charge < -0.3 is 5.73 Å². The molecule has 0 unspecified atom stereocenters. The van der Waals surface area contributed by atoms with Crippen LogP contribution in [0.15, 0.2) is 30.3 Å². The van der Waals surface area contributed by atoms with Gasteiger partial charge in [-0.05, 0) is 65.8 Å². The van der Waals surface area contributed by atoms with Gasteiger partial charge in [-0.2, -0.15) is 0 Å². The SMILES string of the molecule is Cc1cc(C)cc(-n2c(N)nc3cc(I)c(F)cc32)c1. The summed E-state index contributed by atoms with van der Waals surface area (Å²) in [5.74, 6) is 0.107. The van der Waals surface area contributed by atoms with E-state index in [1.165, 1.54) is 6.07 Å². The smallest absolute Gasteiger partial charge is 0.205 e. The Hall–Kier alpha value is -1.63. The Bertz CT molecular complexity index is 803. The zero-order valence-electron chi connectivity index (χ0n) is 11.1. The van der Waals surface area contributed by atoms with Crippen molar-refractivity contribution in [2.24, 2.45) is 0 Å². The summed E-state index contributed by atoms with van der Waals surface area (Å²) in [6, 6.07) is 9.31. The van der Waals surface area contributed by atoms with E-state index in [2.05, 4.69) is 11.1 Å². The highest BCUT2D eigenvalue weighted by molar-refractivity contribution is 14.1. The first-order chi connectivity index (χ1) is 9.45. The molecule has 0 aliphatic rings. The van der Waals surface area contributed by atoms with Crippen LogP contribution in [0.25, 0.3) is 16.7 Å². The number of hydrogen-bond acceptors (Lipinski definition) is 2. The van der Waals surface area contributed by atoms with Gasteiger partial charge in [0.1, 0.15) is 5.82 Å². The summed E-state index contributed by atoms with van der Waals surface area (Å²) < 4.78 is 16.2. The molecule has 0 radical (unpaired) electrons. The minimum atomic E-state index is -0.261. The van der Waals surface area contributed by atoms with Crippen LogP contribution < -0.4 is 5.73 Å². The molecule has 0 atom stereocenters. The summed E-state index contributed by atoms with van der Waals surface area (Å²) in [6.45, 7) is 4.05. The number of benzene rings is 2. The monoisotopic (exact) mass is 381 g/mol.